The first-order valence-corrected chi connectivity index (χ1v) is 10.0. The molecule has 1 atom stereocenters. The van der Waals surface area contributed by atoms with E-state index < -0.39 is 0 Å². The average Bonchev–Trinajstić information content (AvgIpc) is 3.25. The molecular weight excluding hydrogens is 364 g/mol. The molecule has 3 rings (SSSR count). The summed E-state index contributed by atoms with van der Waals surface area (Å²) in [4.78, 5) is 26.3. The van der Waals surface area contributed by atoms with E-state index in [2.05, 4.69) is 31.4 Å². The van der Waals surface area contributed by atoms with Crippen molar-refractivity contribution in [1.29, 1.82) is 0 Å². The van der Waals surface area contributed by atoms with Gasteiger partial charge in [-0.1, -0.05) is 20.8 Å². The summed E-state index contributed by atoms with van der Waals surface area (Å²) in [6.07, 6.45) is 4.17. The molecule has 0 aliphatic heterocycles. The smallest absolute Gasteiger partial charge is 0.291 e. The van der Waals surface area contributed by atoms with Crippen molar-refractivity contribution in [3.63, 3.8) is 0 Å². The zero-order chi connectivity index (χ0) is 19.6. The van der Waals surface area contributed by atoms with E-state index in [1.807, 2.05) is 0 Å². The van der Waals surface area contributed by atoms with E-state index >= 15 is 0 Å². The van der Waals surface area contributed by atoms with Gasteiger partial charge in [0.2, 0.25) is 0 Å². The number of carbonyl (C=O) groups is 2. The molecule has 2 aromatic rings. The fraction of sp³-hybridized carbons (Fsp3) is 0.500. The lowest BCUT2D eigenvalue weighted by Crippen LogP contribution is -2.30. The fourth-order valence-electron chi connectivity index (χ4n) is 3.48. The van der Waals surface area contributed by atoms with Crippen molar-refractivity contribution in [1.82, 2.24) is 5.32 Å². The molecule has 3 N–H and O–H groups in total. The molecule has 2 heterocycles. The highest BCUT2D eigenvalue weighted by Crippen LogP contribution is 2.44. The molecule has 2 aromatic heterocycles. The van der Waals surface area contributed by atoms with Gasteiger partial charge in [0.25, 0.3) is 11.8 Å². The standard InChI is InChI=1S/C20H26N2O4S/c1-20(2,3)12-6-7-13-15(11-12)27-19(16(13)18(25)21-8-9-23)22-17(24)14-5-4-10-26-14/h4-5,10,12,23H,6-9,11H2,1-3H3,(H,21,25)(H,22,24)/t12-/m0/s1. The maximum Gasteiger partial charge on any atom is 0.291 e. The van der Waals surface area contributed by atoms with Crippen LogP contribution in [0.25, 0.3) is 0 Å². The Bertz CT molecular complexity index is 818. The lowest BCUT2D eigenvalue weighted by molar-refractivity contribution is 0.0944. The number of fused-ring (bicyclic) bond motifs is 1. The number of anilines is 1. The van der Waals surface area contributed by atoms with Crippen LogP contribution in [-0.4, -0.2) is 30.1 Å². The summed E-state index contributed by atoms with van der Waals surface area (Å²) in [6.45, 7) is 6.78. The number of rotatable bonds is 5. The van der Waals surface area contributed by atoms with Gasteiger partial charge in [-0.3, -0.25) is 9.59 Å². The largest absolute Gasteiger partial charge is 0.459 e. The van der Waals surface area contributed by atoms with Gasteiger partial charge in [0.15, 0.2) is 5.76 Å². The molecule has 0 saturated carbocycles. The topological polar surface area (TPSA) is 91.6 Å². The van der Waals surface area contributed by atoms with Crippen LogP contribution in [0.4, 0.5) is 5.00 Å². The molecule has 146 valence electrons. The Morgan fingerprint density at radius 1 is 1.33 bits per heavy atom. The molecule has 0 aromatic carbocycles. The highest BCUT2D eigenvalue weighted by atomic mass is 32.1. The number of aliphatic hydroxyl groups is 1. The van der Waals surface area contributed by atoms with Gasteiger partial charge in [0.1, 0.15) is 5.00 Å². The monoisotopic (exact) mass is 390 g/mol. The lowest BCUT2D eigenvalue weighted by Gasteiger charge is -2.33. The summed E-state index contributed by atoms with van der Waals surface area (Å²) in [5.74, 6) is 0.106. The number of carbonyl (C=O) groups excluding carboxylic acids is 2. The minimum Gasteiger partial charge on any atom is -0.459 e. The SMILES string of the molecule is CC(C)(C)[C@H]1CCc2c(sc(NC(=O)c3ccco3)c2C(=O)NCCO)C1. The van der Waals surface area contributed by atoms with Crippen LogP contribution in [0.1, 0.15) is 58.5 Å². The molecule has 2 amide bonds. The van der Waals surface area contributed by atoms with Crippen molar-refractivity contribution in [2.45, 2.75) is 40.0 Å². The second-order valence-corrected chi connectivity index (χ2v) is 9.03. The van der Waals surface area contributed by atoms with Gasteiger partial charge in [0, 0.05) is 11.4 Å². The summed E-state index contributed by atoms with van der Waals surface area (Å²) in [7, 11) is 0. The number of thiophene rings is 1. The number of furan rings is 1. The molecule has 27 heavy (non-hydrogen) atoms. The van der Waals surface area contributed by atoms with E-state index in [1.165, 1.54) is 17.6 Å². The fourth-order valence-corrected chi connectivity index (χ4v) is 4.80. The van der Waals surface area contributed by atoms with E-state index in [4.69, 9.17) is 9.52 Å². The molecule has 6 nitrogen and oxygen atoms in total. The highest BCUT2D eigenvalue weighted by Gasteiger charge is 2.34. The third kappa shape index (κ3) is 4.25. The van der Waals surface area contributed by atoms with Crippen molar-refractivity contribution in [3.8, 4) is 0 Å². The minimum absolute atomic E-state index is 0.127. The van der Waals surface area contributed by atoms with Crippen molar-refractivity contribution in [3.05, 3.63) is 40.2 Å². The Kier molecular flexibility index (Phi) is 5.72. The summed E-state index contributed by atoms with van der Waals surface area (Å²) in [5, 5.41) is 15.1. The zero-order valence-electron chi connectivity index (χ0n) is 15.9. The lowest BCUT2D eigenvalue weighted by atomic mass is 9.72. The first-order valence-electron chi connectivity index (χ1n) is 9.19. The number of hydrogen-bond donors (Lipinski definition) is 3. The van der Waals surface area contributed by atoms with Crippen molar-refractivity contribution in [2.75, 3.05) is 18.5 Å². The molecule has 1 aliphatic carbocycles. The van der Waals surface area contributed by atoms with Crippen LogP contribution < -0.4 is 10.6 Å². The predicted octanol–water partition coefficient (Wildman–Crippen LogP) is 3.47. The van der Waals surface area contributed by atoms with E-state index in [0.29, 0.717) is 16.5 Å². The summed E-state index contributed by atoms with van der Waals surface area (Å²) in [5.41, 5.74) is 1.74. The Labute approximate surface area is 163 Å². The molecule has 0 fully saturated rings. The first kappa shape index (κ1) is 19.6. The number of aliphatic hydroxyl groups excluding tert-OH is 1. The predicted molar refractivity (Wildman–Crippen MR) is 105 cm³/mol. The summed E-state index contributed by atoms with van der Waals surface area (Å²) < 4.78 is 5.16. The molecular formula is C20H26N2O4S. The minimum atomic E-state index is -0.373. The molecule has 0 unspecified atom stereocenters. The van der Waals surface area contributed by atoms with Crippen LogP contribution in [0.5, 0.6) is 0 Å². The Hall–Kier alpha value is -2.12. The van der Waals surface area contributed by atoms with Crippen LogP contribution in [0, 0.1) is 11.3 Å². The van der Waals surface area contributed by atoms with Gasteiger partial charge < -0.3 is 20.2 Å². The van der Waals surface area contributed by atoms with Crippen molar-refractivity contribution >= 4 is 28.2 Å². The van der Waals surface area contributed by atoms with Crippen molar-refractivity contribution < 1.29 is 19.1 Å². The Morgan fingerprint density at radius 3 is 2.74 bits per heavy atom. The number of amides is 2. The zero-order valence-corrected chi connectivity index (χ0v) is 16.7. The van der Waals surface area contributed by atoms with Crippen LogP contribution in [0.2, 0.25) is 0 Å². The van der Waals surface area contributed by atoms with Crippen LogP contribution in [-0.2, 0) is 12.8 Å². The third-order valence-corrected chi connectivity index (χ3v) is 6.26. The number of nitrogens with one attached hydrogen (secondary N) is 2. The van der Waals surface area contributed by atoms with E-state index in [-0.39, 0.29) is 36.1 Å². The van der Waals surface area contributed by atoms with E-state index in [1.54, 1.807) is 12.1 Å². The van der Waals surface area contributed by atoms with Gasteiger partial charge in [-0.05, 0) is 48.3 Å². The molecule has 0 bridgehead atoms. The third-order valence-electron chi connectivity index (χ3n) is 5.09. The van der Waals surface area contributed by atoms with Gasteiger partial charge in [-0.25, -0.2) is 0 Å². The van der Waals surface area contributed by atoms with Gasteiger partial charge in [-0.2, -0.15) is 0 Å². The van der Waals surface area contributed by atoms with Gasteiger partial charge in [0.05, 0.1) is 18.4 Å². The quantitative estimate of drug-likeness (QED) is 0.729. The van der Waals surface area contributed by atoms with Crippen molar-refractivity contribution in [2.24, 2.45) is 11.3 Å². The second-order valence-electron chi connectivity index (χ2n) is 7.92. The second kappa shape index (κ2) is 7.86. The van der Waals surface area contributed by atoms with Gasteiger partial charge >= 0.3 is 0 Å². The highest BCUT2D eigenvalue weighted by molar-refractivity contribution is 7.17. The first-order chi connectivity index (χ1) is 12.8. The molecule has 0 saturated heterocycles. The van der Waals surface area contributed by atoms with E-state index in [0.717, 1.165) is 29.7 Å². The van der Waals surface area contributed by atoms with Crippen LogP contribution in [0.3, 0.4) is 0 Å². The maximum absolute atomic E-state index is 12.7. The number of hydrogen-bond acceptors (Lipinski definition) is 5. The molecule has 1 aliphatic rings. The Balaban J connectivity index is 1.93. The normalized spacial score (nSPS) is 16.7. The van der Waals surface area contributed by atoms with Crippen LogP contribution in [0.15, 0.2) is 22.8 Å². The average molecular weight is 391 g/mol. The summed E-state index contributed by atoms with van der Waals surface area (Å²) >= 11 is 1.47. The molecule has 0 radical (unpaired) electrons. The Morgan fingerprint density at radius 2 is 2.11 bits per heavy atom. The van der Waals surface area contributed by atoms with Gasteiger partial charge in [-0.15, -0.1) is 11.3 Å². The molecule has 7 heteroatoms. The van der Waals surface area contributed by atoms with E-state index in [9.17, 15) is 9.59 Å². The summed E-state index contributed by atoms with van der Waals surface area (Å²) in [6, 6.07) is 3.24. The maximum atomic E-state index is 12.7. The molecule has 0 spiro atoms. The van der Waals surface area contributed by atoms with Crippen LogP contribution >= 0.6 is 11.3 Å².